The summed E-state index contributed by atoms with van der Waals surface area (Å²) in [6.07, 6.45) is 0.990. The summed E-state index contributed by atoms with van der Waals surface area (Å²) in [6, 6.07) is 7.71. The van der Waals surface area contributed by atoms with Crippen LogP contribution in [0.25, 0.3) is 0 Å². The van der Waals surface area contributed by atoms with Gasteiger partial charge in [-0.2, -0.15) is 0 Å². The molecule has 0 saturated carbocycles. The fourth-order valence-electron chi connectivity index (χ4n) is 1.04. The normalized spacial score (nSPS) is 9.73. The Balaban J connectivity index is 2.39. The lowest BCUT2D eigenvalue weighted by atomic mass is 10.2. The van der Waals surface area contributed by atoms with Crippen LogP contribution in [0.1, 0.15) is 12.5 Å². The van der Waals surface area contributed by atoms with Crippen LogP contribution < -0.4 is 4.74 Å². The first-order chi connectivity index (χ1) is 7.22. The van der Waals surface area contributed by atoms with Gasteiger partial charge in [-0.15, -0.1) is 0 Å². The summed E-state index contributed by atoms with van der Waals surface area (Å²) in [7, 11) is 0. The highest BCUT2D eigenvalue weighted by molar-refractivity contribution is 9.09. The summed E-state index contributed by atoms with van der Waals surface area (Å²) >= 11 is 3.37. The molecule has 82 valence electrons. The van der Waals surface area contributed by atoms with Crippen LogP contribution in [0.2, 0.25) is 0 Å². The van der Waals surface area contributed by atoms with E-state index in [4.69, 9.17) is 4.74 Å². The van der Waals surface area contributed by atoms with Crippen LogP contribution in [-0.4, -0.2) is 18.1 Å². The molecule has 0 N–H and O–H groups in total. The Hall–Kier alpha value is -1.03. The molecule has 0 aliphatic rings. The quantitative estimate of drug-likeness (QED) is 0.470. The zero-order chi connectivity index (χ0) is 11.1. The molecule has 0 radical (unpaired) electrons. The highest BCUT2D eigenvalue weighted by Gasteiger charge is 1.96. The van der Waals surface area contributed by atoms with Crippen molar-refractivity contribution in [1.29, 1.82) is 0 Å². The molecule has 0 aliphatic heterocycles. The van der Waals surface area contributed by atoms with Crippen molar-refractivity contribution >= 4 is 21.9 Å². The molecule has 4 heteroatoms. The fraction of sp³-hybridized carbons (Fsp3) is 0.364. The molecule has 0 spiro atoms. The number of carbonyl (C=O) groups is 1. The molecule has 0 atom stereocenters. The Morgan fingerprint density at radius 3 is 2.53 bits per heavy atom. The SMILES string of the molecule is CC(=O)OCOc1ccc(CCBr)cc1. The van der Waals surface area contributed by atoms with Crippen molar-refractivity contribution < 1.29 is 14.3 Å². The minimum Gasteiger partial charge on any atom is -0.457 e. The third kappa shape index (κ3) is 4.83. The number of hydrogen-bond acceptors (Lipinski definition) is 3. The first kappa shape index (κ1) is 12.0. The standard InChI is InChI=1S/C11H13BrO3/c1-9(13)14-8-15-11-4-2-10(3-5-11)6-7-12/h2-5H,6-8H2,1H3. The van der Waals surface area contributed by atoms with E-state index in [0.29, 0.717) is 5.75 Å². The monoisotopic (exact) mass is 272 g/mol. The molecule has 0 saturated heterocycles. The maximum atomic E-state index is 10.5. The molecule has 0 aromatic heterocycles. The van der Waals surface area contributed by atoms with E-state index in [9.17, 15) is 4.79 Å². The number of alkyl halides is 1. The number of rotatable bonds is 5. The largest absolute Gasteiger partial charge is 0.457 e. The molecular formula is C11H13BrO3. The van der Waals surface area contributed by atoms with Crippen molar-refractivity contribution in [2.45, 2.75) is 13.3 Å². The van der Waals surface area contributed by atoms with E-state index in [-0.39, 0.29) is 12.8 Å². The summed E-state index contributed by atoms with van der Waals surface area (Å²) in [5.74, 6) is 0.362. The van der Waals surface area contributed by atoms with E-state index in [0.717, 1.165) is 11.8 Å². The highest BCUT2D eigenvalue weighted by atomic mass is 79.9. The van der Waals surface area contributed by atoms with Gasteiger partial charge in [-0.25, -0.2) is 0 Å². The second-order valence-electron chi connectivity index (χ2n) is 2.98. The van der Waals surface area contributed by atoms with Gasteiger partial charge in [0.05, 0.1) is 0 Å². The minimum atomic E-state index is -0.342. The molecule has 0 fully saturated rings. The van der Waals surface area contributed by atoms with Crippen molar-refractivity contribution in [3.63, 3.8) is 0 Å². The molecule has 1 rings (SSSR count). The fourth-order valence-corrected chi connectivity index (χ4v) is 1.50. The van der Waals surface area contributed by atoms with Gasteiger partial charge in [-0.1, -0.05) is 28.1 Å². The average molecular weight is 273 g/mol. The molecular weight excluding hydrogens is 260 g/mol. The highest BCUT2D eigenvalue weighted by Crippen LogP contribution is 2.13. The van der Waals surface area contributed by atoms with Crippen LogP contribution in [0, 0.1) is 0 Å². The van der Waals surface area contributed by atoms with Crippen LogP contribution in [-0.2, 0) is 16.0 Å². The van der Waals surface area contributed by atoms with Gasteiger partial charge in [-0.3, -0.25) is 4.79 Å². The van der Waals surface area contributed by atoms with Gasteiger partial charge in [-0.05, 0) is 24.1 Å². The van der Waals surface area contributed by atoms with E-state index in [1.54, 1.807) is 0 Å². The predicted octanol–water partition coefficient (Wildman–Crippen LogP) is 2.52. The topological polar surface area (TPSA) is 35.5 Å². The van der Waals surface area contributed by atoms with Gasteiger partial charge in [0.15, 0.2) is 0 Å². The van der Waals surface area contributed by atoms with E-state index < -0.39 is 0 Å². The second kappa shape index (κ2) is 6.45. The number of benzene rings is 1. The number of ether oxygens (including phenoxy) is 2. The Labute approximate surface area is 97.5 Å². The maximum absolute atomic E-state index is 10.5. The van der Waals surface area contributed by atoms with E-state index in [2.05, 4.69) is 20.7 Å². The summed E-state index contributed by atoms with van der Waals surface area (Å²) in [5.41, 5.74) is 1.24. The van der Waals surface area contributed by atoms with Gasteiger partial charge in [0.2, 0.25) is 6.79 Å². The number of esters is 1. The zero-order valence-electron chi connectivity index (χ0n) is 8.53. The zero-order valence-corrected chi connectivity index (χ0v) is 10.1. The van der Waals surface area contributed by atoms with E-state index in [1.165, 1.54) is 12.5 Å². The predicted molar refractivity (Wildman–Crippen MR) is 61.2 cm³/mol. The molecule has 3 nitrogen and oxygen atoms in total. The van der Waals surface area contributed by atoms with Gasteiger partial charge >= 0.3 is 5.97 Å². The summed E-state index contributed by atoms with van der Waals surface area (Å²) < 4.78 is 9.85. The van der Waals surface area contributed by atoms with E-state index in [1.807, 2.05) is 24.3 Å². The average Bonchev–Trinajstić information content (AvgIpc) is 2.20. The Bertz CT molecular complexity index is 308. The Morgan fingerprint density at radius 1 is 1.33 bits per heavy atom. The van der Waals surface area contributed by atoms with Crippen LogP contribution in [0.3, 0.4) is 0 Å². The third-order valence-electron chi connectivity index (χ3n) is 1.79. The molecule has 0 unspecified atom stereocenters. The molecule has 15 heavy (non-hydrogen) atoms. The van der Waals surface area contributed by atoms with Crippen molar-refractivity contribution in [3.8, 4) is 5.75 Å². The summed E-state index contributed by atoms with van der Waals surface area (Å²) in [5, 5.41) is 0.945. The van der Waals surface area contributed by atoms with Gasteiger partial charge in [0.1, 0.15) is 5.75 Å². The molecule has 1 aromatic carbocycles. The second-order valence-corrected chi connectivity index (χ2v) is 3.77. The van der Waals surface area contributed by atoms with Crippen molar-refractivity contribution in [2.24, 2.45) is 0 Å². The minimum absolute atomic E-state index is 0.0346. The number of aryl methyl sites for hydroxylation is 1. The number of hydrogen-bond donors (Lipinski definition) is 0. The molecule has 1 aromatic rings. The van der Waals surface area contributed by atoms with Crippen LogP contribution in [0.5, 0.6) is 5.75 Å². The van der Waals surface area contributed by atoms with Crippen LogP contribution >= 0.6 is 15.9 Å². The first-order valence-electron chi connectivity index (χ1n) is 4.63. The Kier molecular flexibility index (Phi) is 5.18. The lowest BCUT2D eigenvalue weighted by molar-refractivity contribution is -0.147. The van der Waals surface area contributed by atoms with Crippen molar-refractivity contribution in [2.75, 3.05) is 12.1 Å². The third-order valence-corrected chi connectivity index (χ3v) is 2.19. The first-order valence-corrected chi connectivity index (χ1v) is 5.75. The number of halogens is 1. The van der Waals surface area contributed by atoms with Crippen molar-refractivity contribution in [3.05, 3.63) is 29.8 Å². The summed E-state index contributed by atoms with van der Waals surface area (Å²) in [6.45, 7) is 1.32. The Morgan fingerprint density at radius 2 is 2.00 bits per heavy atom. The van der Waals surface area contributed by atoms with Gasteiger partial charge in [0.25, 0.3) is 0 Å². The lowest BCUT2D eigenvalue weighted by Crippen LogP contribution is -2.06. The number of carbonyl (C=O) groups excluding carboxylic acids is 1. The van der Waals surface area contributed by atoms with Crippen molar-refractivity contribution in [1.82, 2.24) is 0 Å². The van der Waals surface area contributed by atoms with Gasteiger partial charge in [0, 0.05) is 12.3 Å². The molecule has 0 amide bonds. The molecule has 0 aliphatic carbocycles. The van der Waals surface area contributed by atoms with Crippen LogP contribution in [0.15, 0.2) is 24.3 Å². The smallest absolute Gasteiger partial charge is 0.305 e. The van der Waals surface area contributed by atoms with E-state index >= 15 is 0 Å². The molecule has 0 bridgehead atoms. The van der Waals surface area contributed by atoms with Crippen LogP contribution in [0.4, 0.5) is 0 Å². The maximum Gasteiger partial charge on any atom is 0.305 e. The van der Waals surface area contributed by atoms with Gasteiger partial charge < -0.3 is 9.47 Å². The lowest BCUT2D eigenvalue weighted by Gasteiger charge is -2.06. The summed E-state index contributed by atoms with van der Waals surface area (Å²) in [4.78, 5) is 10.5. The molecule has 0 heterocycles.